The summed E-state index contributed by atoms with van der Waals surface area (Å²) in [6.45, 7) is 0. The Morgan fingerprint density at radius 2 is 2.43 bits per heavy atom. The standard InChI is InChI=1S/C10H13NO3/c1-14-10(13)8-7-4-2-3-6(7)5-11-9(8)12/h5,9,11-12H,2-4H2,1H3. The number of aliphatic hydroxyl groups excluding tert-OH is 1. The number of aliphatic hydroxyl groups is 1. The highest BCUT2D eigenvalue weighted by Gasteiger charge is 2.30. The first-order chi connectivity index (χ1) is 6.74. The maximum absolute atomic E-state index is 11.4. The van der Waals surface area contributed by atoms with Gasteiger partial charge in [0.1, 0.15) is 0 Å². The van der Waals surface area contributed by atoms with Gasteiger partial charge in [0.15, 0.2) is 6.23 Å². The van der Waals surface area contributed by atoms with Crippen LogP contribution in [0.1, 0.15) is 19.3 Å². The second-order valence-electron chi connectivity index (χ2n) is 3.48. The second-order valence-corrected chi connectivity index (χ2v) is 3.48. The van der Waals surface area contributed by atoms with Crippen LogP contribution < -0.4 is 5.32 Å². The average molecular weight is 195 g/mol. The summed E-state index contributed by atoms with van der Waals surface area (Å²) in [5.74, 6) is -0.438. The largest absolute Gasteiger partial charge is 0.466 e. The van der Waals surface area contributed by atoms with Crippen LogP contribution in [0, 0.1) is 0 Å². The van der Waals surface area contributed by atoms with E-state index in [9.17, 15) is 9.90 Å². The van der Waals surface area contributed by atoms with Crippen molar-refractivity contribution in [1.29, 1.82) is 0 Å². The third kappa shape index (κ3) is 1.32. The predicted molar refractivity (Wildman–Crippen MR) is 50.1 cm³/mol. The molecule has 1 aliphatic heterocycles. The molecule has 0 amide bonds. The van der Waals surface area contributed by atoms with Crippen molar-refractivity contribution >= 4 is 5.97 Å². The van der Waals surface area contributed by atoms with Gasteiger partial charge in [0.2, 0.25) is 0 Å². The number of hydrogen-bond acceptors (Lipinski definition) is 4. The fourth-order valence-corrected chi connectivity index (χ4v) is 2.01. The summed E-state index contributed by atoms with van der Waals surface area (Å²) in [4.78, 5) is 11.4. The summed E-state index contributed by atoms with van der Waals surface area (Å²) in [7, 11) is 1.33. The Balaban J connectivity index is 2.41. The summed E-state index contributed by atoms with van der Waals surface area (Å²) < 4.78 is 4.64. The molecule has 2 N–H and O–H groups in total. The predicted octanol–water partition coefficient (Wildman–Crippen LogP) is 0.445. The van der Waals surface area contributed by atoms with Gasteiger partial charge in [-0.3, -0.25) is 0 Å². The number of methoxy groups -OCH3 is 1. The monoisotopic (exact) mass is 195 g/mol. The van der Waals surface area contributed by atoms with Gasteiger partial charge in [-0.1, -0.05) is 0 Å². The number of fused-ring (bicyclic) bond motifs is 1. The molecule has 2 aliphatic rings. The molecule has 1 fully saturated rings. The van der Waals surface area contributed by atoms with Crippen molar-refractivity contribution in [2.45, 2.75) is 25.5 Å². The van der Waals surface area contributed by atoms with Crippen LogP contribution in [0.3, 0.4) is 0 Å². The van der Waals surface area contributed by atoms with E-state index >= 15 is 0 Å². The van der Waals surface area contributed by atoms with Gasteiger partial charge < -0.3 is 15.2 Å². The summed E-state index contributed by atoms with van der Waals surface area (Å²) in [6.07, 6.45) is 3.74. The third-order valence-electron chi connectivity index (χ3n) is 2.68. The highest BCUT2D eigenvalue weighted by Crippen LogP contribution is 2.35. The molecule has 2 rings (SSSR count). The smallest absolute Gasteiger partial charge is 0.338 e. The normalized spacial score (nSPS) is 25.3. The van der Waals surface area contributed by atoms with Gasteiger partial charge in [0.05, 0.1) is 12.7 Å². The van der Waals surface area contributed by atoms with Crippen molar-refractivity contribution in [2.75, 3.05) is 7.11 Å². The molecule has 1 atom stereocenters. The fourth-order valence-electron chi connectivity index (χ4n) is 2.01. The lowest BCUT2D eigenvalue weighted by atomic mass is 9.99. The molecule has 0 aromatic heterocycles. The molecule has 0 radical (unpaired) electrons. The SMILES string of the molecule is COC(=O)C1=C2CCCC2=CNC1O. The lowest BCUT2D eigenvalue weighted by molar-refractivity contribution is -0.137. The quantitative estimate of drug-likeness (QED) is 0.596. The maximum Gasteiger partial charge on any atom is 0.338 e. The van der Waals surface area contributed by atoms with Crippen LogP contribution in [-0.2, 0) is 9.53 Å². The van der Waals surface area contributed by atoms with Crippen molar-refractivity contribution < 1.29 is 14.6 Å². The lowest BCUT2D eigenvalue weighted by Gasteiger charge is -2.21. The summed E-state index contributed by atoms with van der Waals surface area (Å²) >= 11 is 0. The molecule has 1 aliphatic carbocycles. The maximum atomic E-state index is 11.4. The van der Waals surface area contributed by atoms with E-state index in [2.05, 4.69) is 10.1 Å². The van der Waals surface area contributed by atoms with Gasteiger partial charge in [0, 0.05) is 6.20 Å². The molecule has 1 unspecified atom stereocenters. The zero-order valence-corrected chi connectivity index (χ0v) is 8.04. The number of rotatable bonds is 1. The van der Waals surface area contributed by atoms with Crippen molar-refractivity contribution in [3.63, 3.8) is 0 Å². The van der Waals surface area contributed by atoms with Gasteiger partial charge >= 0.3 is 5.97 Å². The van der Waals surface area contributed by atoms with E-state index in [0.717, 1.165) is 30.4 Å². The molecule has 0 aromatic carbocycles. The molecule has 0 aromatic rings. The first-order valence-corrected chi connectivity index (χ1v) is 4.69. The molecule has 76 valence electrons. The minimum absolute atomic E-state index is 0.377. The number of esters is 1. The molecule has 1 heterocycles. The minimum atomic E-state index is -0.917. The van der Waals surface area contributed by atoms with Gasteiger partial charge in [-0.2, -0.15) is 0 Å². The molecule has 14 heavy (non-hydrogen) atoms. The Morgan fingerprint density at radius 1 is 1.64 bits per heavy atom. The van der Waals surface area contributed by atoms with Crippen LogP contribution in [0.15, 0.2) is 22.9 Å². The molecule has 0 bridgehead atoms. The zero-order valence-electron chi connectivity index (χ0n) is 8.04. The number of carbonyl (C=O) groups is 1. The number of allylic oxidation sites excluding steroid dienone is 2. The number of hydrogen-bond donors (Lipinski definition) is 2. The first-order valence-electron chi connectivity index (χ1n) is 4.69. The number of ether oxygens (including phenoxy) is 1. The fraction of sp³-hybridized carbons (Fsp3) is 0.500. The van der Waals surface area contributed by atoms with Crippen molar-refractivity contribution in [3.8, 4) is 0 Å². The Labute approximate surface area is 82.3 Å². The molecule has 1 saturated carbocycles. The van der Waals surface area contributed by atoms with Crippen LogP contribution in [-0.4, -0.2) is 24.4 Å². The van der Waals surface area contributed by atoms with E-state index in [1.165, 1.54) is 7.11 Å². The van der Waals surface area contributed by atoms with E-state index in [-0.39, 0.29) is 0 Å². The Bertz CT molecular complexity index is 330. The Hall–Kier alpha value is -1.29. The Kier molecular flexibility index (Phi) is 2.29. The van der Waals surface area contributed by atoms with Crippen LogP contribution in [0.5, 0.6) is 0 Å². The summed E-state index contributed by atoms with van der Waals surface area (Å²) in [5.41, 5.74) is 2.46. The Morgan fingerprint density at radius 3 is 3.14 bits per heavy atom. The van der Waals surface area contributed by atoms with Crippen LogP contribution in [0.2, 0.25) is 0 Å². The first kappa shape index (κ1) is 9.27. The van der Waals surface area contributed by atoms with Crippen molar-refractivity contribution in [1.82, 2.24) is 5.32 Å². The number of nitrogens with one attached hydrogen (secondary N) is 1. The molecular weight excluding hydrogens is 182 g/mol. The van der Waals surface area contributed by atoms with Gasteiger partial charge in [-0.25, -0.2) is 4.79 Å². The summed E-state index contributed by atoms with van der Waals surface area (Å²) in [5, 5.41) is 12.4. The topological polar surface area (TPSA) is 58.6 Å². The molecular formula is C10H13NO3. The van der Waals surface area contributed by atoms with E-state index in [1.807, 2.05) is 0 Å². The van der Waals surface area contributed by atoms with E-state index < -0.39 is 12.2 Å². The third-order valence-corrected chi connectivity index (χ3v) is 2.68. The second kappa shape index (κ2) is 3.46. The molecule has 4 heteroatoms. The highest BCUT2D eigenvalue weighted by atomic mass is 16.5. The summed E-state index contributed by atoms with van der Waals surface area (Å²) in [6, 6.07) is 0. The van der Waals surface area contributed by atoms with Gasteiger partial charge in [-0.15, -0.1) is 0 Å². The van der Waals surface area contributed by atoms with Crippen LogP contribution in [0.25, 0.3) is 0 Å². The van der Waals surface area contributed by atoms with Gasteiger partial charge in [0.25, 0.3) is 0 Å². The zero-order chi connectivity index (χ0) is 10.1. The molecule has 0 spiro atoms. The van der Waals surface area contributed by atoms with E-state index in [0.29, 0.717) is 5.57 Å². The molecule has 0 saturated heterocycles. The van der Waals surface area contributed by atoms with Crippen LogP contribution in [0.4, 0.5) is 0 Å². The average Bonchev–Trinajstić information content (AvgIpc) is 2.64. The van der Waals surface area contributed by atoms with Crippen molar-refractivity contribution in [3.05, 3.63) is 22.9 Å². The van der Waals surface area contributed by atoms with E-state index in [1.54, 1.807) is 6.20 Å². The number of carbonyl (C=O) groups excluding carboxylic acids is 1. The van der Waals surface area contributed by atoms with E-state index in [4.69, 9.17) is 0 Å². The highest BCUT2D eigenvalue weighted by molar-refractivity contribution is 5.91. The van der Waals surface area contributed by atoms with Gasteiger partial charge in [-0.05, 0) is 30.4 Å². The lowest BCUT2D eigenvalue weighted by Crippen LogP contribution is -2.34. The molecule has 4 nitrogen and oxygen atoms in total. The number of dihydropyridines is 1. The van der Waals surface area contributed by atoms with Crippen LogP contribution >= 0.6 is 0 Å². The van der Waals surface area contributed by atoms with Crippen molar-refractivity contribution in [2.24, 2.45) is 0 Å². The minimum Gasteiger partial charge on any atom is -0.466 e.